The molecule has 1 atom stereocenters. The molecule has 0 fully saturated rings. The third kappa shape index (κ3) is 4.14. The fourth-order valence-electron chi connectivity index (χ4n) is 1.69. The zero-order valence-corrected chi connectivity index (χ0v) is 11.6. The van der Waals surface area contributed by atoms with Crippen molar-refractivity contribution in [3.8, 4) is 0 Å². The summed E-state index contributed by atoms with van der Waals surface area (Å²) in [5.41, 5.74) is 0.937. The summed E-state index contributed by atoms with van der Waals surface area (Å²) in [4.78, 5) is 16.1. The molecule has 0 spiro atoms. The van der Waals surface area contributed by atoms with Gasteiger partial charge in [0.1, 0.15) is 6.04 Å². The van der Waals surface area contributed by atoms with Crippen LogP contribution in [0, 0.1) is 0 Å². The fraction of sp³-hybridized carbons (Fsp3) is 0.692. The summed E-state index contributed by atoms with van der Waals surface area (Å²) in [5.74, 6) is -0.194. The number of imidazole rings is 1. The Hall–Kier alpha value is -1.36. The first-order valence-electron chi connectivity index (χ1n) is 6.50. The maximum Gasteiger partial charge on any atom is 0.329 e. The van der Waals surface area contributed by atoms with Crippen molar-refractivity contribution in [1.29, 1.82) is 0 Å². The molecule has 0 amide bonds. The summed E-state index contributed by atoms with van der Waals surface area (Å²) < 4.78 is 6.88. The smallest absolute Gasteiger partial charge is 0.329 e. The number of hydrogen-bond acceptors (Lipinski definition) is 4. The molecule has 0 aliphatic rings. The molecule has 0 saturated carbocycles. The quantitative estimate of drug-likeness (QED) is 0.754. The van der Waals surface area contributed by atoms with E-state index in [9.17, 15) is 4.79 Å². The molecule has 0 saturated heterocycles. The SMILES string of the molecule is CCOC(=O)C(CC)n1cnc(CNC(C)C)c1. The monoisotopic (exact) mass is 253 g/mol. The highest BCUT2D eigenvalue weighted by Gasteiger charge is 2.19. The highest BCUT2D eigenvalue weighted by atomic mass is 16.5. The number of nitrogens with one attached hydrogen (secondary N) is 1. The second-order valence-corrected chi connectivity index (χ2v) is 4.52. The fourth-order valence-corrected chi connectivity index (χ4v) is 1.69. The van der Waals surface area contributed by atoms with Crippen molar-refractivity contribution in [1.82, 2.24) is 14.9 Å². The Morgan fingerprint density at radius 1 is 1.50 bits per heavy atom. The van der Waals surface area contributed by atoms with Crippen molar-refractivity contribution in [2.24, 2.45) is 0 Å². The lowest BCUT2D eigenvalue weighted by Crippen LogP contribution is -2.22. The van der Waals surface area contributed by atoms with E-state index in [1.807, 2.05) is 24.6 Å². The number of hydrogen-bond donors (Lipinski definition) is 1. The minimum absolute atomic E-state index is 0.194. The van der Waals surface area contributed by atoms with Crippen LogP contribution in [0.25, 0.3) is 0 Å². The van der Waals surface area contributed by atoms with Gasteiger partial charge in [-0.25, -0.2) is 9.78 Å². The number of carbonyl (C=O) groups excluding carboxylic acids is 1. The molecule has 0 radical (unpaired) electrons. The largest absolute Gasteiger partial charge is 0.464 e. The van der Waals surface area contributed by atoms with Crippen LogP contribution in [0.3, 0.4) is 0 Å². The van der Waals surface area contributed by atoms with Crippen LogP contribution in [0.4, 0.5) is 0 Å². The third-order valence-electron chi connectivity index (χ3n) is 2.65. The number of ether oxygens (including phenoxy) is 1. The molecule has 0 aromatic carbocycles. The average Bonchev–Trinajstić information content (AvgIpc) is 2.76. The molecule has 0 bridgehead atoms. The lowest BCUT2D eigenvalue weighted by Gasteiger charge is -2.14. The lowest BCUT2D eigenvalue weighted by atomic mass is 10.2. The van der Waals surface area contributed by atoms with E-state index in [1.165, 1.54) is 0 Å². The maximum atomic E-state index is 11.8. The standard InChI is InChI=1S/C13H23N3O2/c1-5-12(13(17)18-6-2)16-8-11(15-9-16)7-14-10(3)4/h8-10,12,14H,5-7H2,1-4H3. The Morgan fingerprint density at radius 2 is 2.22 bits per heavy atom. The van der Waals surface area contributed by atoms with E-state index in [1.54, 1.807) is 6.33 Å². The van der Waals surface area contributed by atoms with Crippen LogP contribution in [0.1, 0.15) is 45.9 Å². The number of nitrogens with zero attached hydrogens (tertiary/aromatic N) is 2. The Kier molecular flexibility index (Phi) is 5.85. The Labute approximate surface area is 109 Å². The summed E-state index contributed by atoms with van der Waals surface area (Å²) in [5, 5.41) is 3.29. The zero-order chi connectivity index (χ0) is 13.5. The zero-order valence-electron chi connectivity index (χ0n) is 11.6. The molecule has 1 aromatic rings. The van der Waals surface area contributed by atoms with E-state index < -0.39 is 0 Å². The number of carbonyl (C=O) groups is 1. The molecule has 18 heavy (non-hydrogen) atoms. The van der Waals surface area contributed by atoms with E-state index >= 15 is 0 Å². The first kappa shape index (κ1) is 14.7. The summed E-state index contributed by atoms with van der Waals surface area (Å²) in [6.45, 7) is 9.08. The molecular formula is C13H23N3O2. The number of esters is 1. The van der Waals surface area contributed by atoms with Gasteiger partial charge < -0.3 is 14.6 Å². The molecule has 0 aliphatic heterocycles. The Morgan fingerprint density at radius 3 is 2.78 bits per heavy atom. The van der Waals surface area contributed by atoms with Gasteiger partial charge in [0, 0.05) is 18.8 Å². The molecular weight excluding hydrogens is 230 g/mol. The molecule has 1 heterocycles. The third-order valence-corrected chi connectivity index (χ3v) is 2.65. The highest BCUT2D eigenvalue weighted by Crippen LogP contribution is 2.14. The number of rotatable bonds is 7. The van der Waals surface area contributed by atoms with Crippen molar-refractivity contribution < 1.29 is 9.53 Å². The molecule has 5 nitrogen and oxygen atoms in total. The van der Waals surface area contributed by atoms with E-state index in [0.717, 1.165) is 5.69 Å². The van der Waals surface area contributed by atoms with Gasteiger partial charge in [0.05, 0.1) is 18.6 Å². The van der Waals surface area contributed by atoms with Crippen molar-refractivity contribution in [2.75, 3.05) is 6.61 Å². The predicted molar refractivity (Wildman–Crippen MR) is 70.2 cm³/mol. The molecule has 1 N–H and O–H groups in total. The summed E-state index contributed by atoms with van der Waals surface area (Å²) in [7, 11) is 0. The van der Waals surface area contributed by atoms with Gasteiger partial charge in [-0.05, 0) is 13.3 Å². The van der Waals surface area contributed by atoms with Gasteiger partial charge in [-0.3, -0.25) is 0 Å². The lowest BCUT2D eigenvalue weighted by molar-refractivity contribution is -0.147. The van der Waals surface area contributed by atoms with Crippen LogP contribution in [0.2, 0.25) is 0 Å². The van der Waals surface area contributed by atoms with Gasteiger partial charge in [-0.2, -0.15) is 0 Å². The van der Waals surface area contributed by atoms with Crippen LogP contribution in [-0.4, -0.2) is 28.2 Å². The van der Waals surface area contributed by atoms with Crippen molar-refractivity contribution in [2.45, 2.75) is 52.7 Å². The molecule has 0 aliphatic carbocycles. The van der Waals surface area contributed by atoms with Gasteiger partial charge >= 0.3 is 5.97 Å². The van der Waals surface area contributed by atoms with E-state index in [0.29, 0.717) is 25.6 Å². The first-order chi connectivity index (χ1) is 8.58. The molecule has 1 aromatic heterocycles. The summed E-state index contributed by atoms with van der Waals surface area (Å²) >= 11 is 0. The van der Waals surface area contributed by atoms with Crippen LogP contribution >= 0.6 is 0 Å². The van der Waals surface area contributed by atoms with Gasteiger partial charge in [-0.1, -0.05) is 20.8 Å². The topological polar surface area (TPSA) is 56.2 Å². The van der Waals surface area contributed by atoms with E-state index in [4.69, 9.17) is 4.74 Å². The van der Waals surface area contributed by atoms with Crippen LogP contribution in [-0.2, 0) is 16.1 Å². The second-order valence-electron chi connectivity index (χ2n) is 4.52. The van der Waals surface area contributed by atoms with Gasteiger partial charge in [-0.15, -0.1) is 0 Å². The van der Waals surface area contributed by atoms with Gasteiger partial charge in [0.25, 0.3) is 0 Å². The Bertz CT molecular complexity index is 374. The molecule has 1 rings (SSSR count). The molecule has 5 heteroatoms. The first-order valence-corrected chi connectivity index (χ1v) is 6.50. The van der Waals surface area contributed by atoms with Crippen LogP contribution < -0.4 is 5.32 Å². The van der Waals surface area contributed by atoms with Crippen molar-refractivity contribution >= 4 is 5.97 Å². The normalized spacial score (nSPS) is 12.7. The van der Waals surface area contributed by atoms with Crippen LogP contribution in [0.15, 0.2) is 12.5 Å². The predicted octanol–water partition coefficient (Wildman–Crippen LogP) is 1.90. The van der Waals surface area contributed by atoms with Gasteiger partial charge in [0.2, 0.25) is 0 Å². The average molecular weight is 253 g/mol. The van der Waals surface area contributed by atoms with Crippen molar-refractivity contribution in [3.05, 3.63) is 18.2 Å². The van der Waals surface area contributed by atoms with Crippen LogP contribution in [0.5, 0.6) is 0 Å². The maximum absolute atomic E-state index is 11.8. The highest BCUT2D eigenvalue weighted by molar-refractivity contribution is 5.74. The van der Waals surface area contributed by atoms with Gasteiger partial charge in [0.15, 0.2) is 0 Å². The van der Waals surface area contributed by atoms with E-state index in [2.05, 4.69) is 24.1 Å². The summed E-state index contributed by atoms with van der Waals surface area (Å²) in [6, 6.07) is 0.146. The molecule has 1 unspecified atom stereocenters. The minimum Gasteiger partial charge on any atom is -0.464 e. The van der Waals surface area contributed by atoms with Crippen molar-refractivity contribution in [3.63, 3.8) is 0 Å². The Balaban J connectivity index is 2.67. The minimum atomic E-state index is -0.273. The number of aromatic nitrogens is 2. The summed E-state index contributed by atoms with van der Waals surface area (Å²) in [6.07, 6.45) is 4.30. The van der Waals surface area contributed by atoms with E-state index in [-0.39, 0.29) is 12.0 Å². The molecule has 102 valence electrons. The second kappa shape index (κ2) is 7.16.